The molecule has 0 saturated carbocycles. The van der Waals surface area contributed by atoms with Gasteiger partial charge in [-0.1, -0.05) is 17.7 Å². The van der Waals surface area contributed by atoms with Crippen molar-refractivity contribution in [2.45, 2.75) is 19.3 Å². The second-order valence-corrected chi connectivity index (χ2v) is 9.77. The number of amides is 2. The predicted molar refractivity (Wildman–Crippen MR) is 142 cm³/mol. The quantitative estimate of drug-likeness (QED) is 0.501. The van der Waals surface area contributed by atoms with Crippen molar-refractivity contribution in [3.05, 3.63) is 57.1 Å². The Morgan fingerprint density at radius 3 is 2.62 bits per heavy atom. The molecule has 10 nitrogen and oxygen atoms in total. The number of hydrogen-bond acceptors (Lipinski definition) is 7. The molecule has 2 amide bonds. The zero-order chi connectivity index (χ0) is 26.7. The normalized spacial score (nSPS) is 14.0. The lowest BCUT2D eigenvalue weighted by molar-refractivity contribution is -0.133. The van der Waals surface area contributed by atoms with E-state index in [0.717, 1.165) is 29.3 Å². The Kier molecular flexibility index (Phi) is 7.97. The minimum absolute atomic E-state index is 0.0248. The van der Waals surface area contributed by atoms with E-state index in [1.807, 2.05) is 18.2 Å². The lowest BCUT2D eigenvalue weighted by atomic mass is 9.96. The van der Waals surface area contributed by atoms with E-state index in [1.165, 1.54) is 11.6 Å². The number of pyridine rings is 1. The Bertz CT molecular complexity index is 1380. The van der Waals surface area contributed by atoms with Gasteiger partial charge in [0.15, 0.2) is 12.4 Å². The number of fused-ring (bicyclic) bond motifs is 1. The van der Waals surface area contributed by atoms with Crippen molar-refractivity contribution in [1.82, 2.24) is 24.8 Å². The maximum atomic E-state index is 12.6. The molecule has 37 heavy (non-hydrogen) atoms. The van der Waals surface area contributed by atoms with E-state index < -0.39 is 0 Å². The van der Waals surface area contributed by atoms with Crippen LogP contribution in [-0.4, -0.2) is 72.1 Å². The van der Waals surface area contributed by atoms with Crippen LogP contribution < -0.4 is 20.5 Å². The average Bonchev–Trinajstić information content (AvgIpc) is 2.90. The van der Waals surface area contributed by atoms with Gasteiger partial charge in [0.2, 0.25) is 11.9 Å². The van der Waals surface area contributed by atoms with Crippen molar-refractivity contribution in [2.75, 3.05) is 45.7 Å². The van der Waals surface area contributed by atoms with Gasteiger partial charge in [0.25, 0.3) is 11.5 Å². The molecule has 4 rings (SSSR count). The first-order chi connectivity index (χ1) is 17.7. The first-order valence-corrected chi connectivity index (χ1v) is 12.5. The van der Waals surface area contributed by atoms with Gasteiger partial charge in [-0.15, -0.1) is 0 Å². The summed E-state index contributed by atoms with van der Waals surface area (Å²) in [5.41, 5.74) is 2.07. The van der Waals surface area contributed by atoms with E-state index in [9.17, 15) is 14.4 Å². The zero-order valence-electron chi connectivity index (χ0n) is 21.5. The van der Waals surface area contributed by atoms with E-state index in [4.69, 9.17) is 21.3 Å². The third-order valence-electron chi connectivity index (χ3n) is 6.64. The molecule has 196 valence electrons. The summed E-state index contributed by atoms with van der Waals surface area (Å²) in [5, 5.41) is 3.74. The number of aromatic nitrogens is 3. The fourth-order valence-electron chi connectivity index (χ4n) is 4.48. The molecule has 1 aliphatic rings. The Labute approximate surface area is 220 Å². The summed E-state index contributed by atoms with van der Waals surface area (Å²) < 4.78 is 6.96. The van der Waals surface area contributed by atoms with Crippen molar-refractivity contribution in [2.24, 2.45) is 13.0 Å². The van der Waals surface area contributed by atoms with Gasteiger partial charge in [-0.25, -0.2) is 9.97 Å². The molecule has 2 aromatic heterocycles. The van der Waals surface area contributed by atoms with Gasteiger partial charge < -0.3 is 24.4 Å². The van der Waals surface area contributed by atoms with E-state index in [1.54, 1.807) is 38.3 Å². The second-order valence-electron chi connectivity index (χ2n) is 9.36. The zero-order valence-corrected chi connectivity index (χ0v) is 22.2. The minimum atomic E-state index is -0.321. The molecule has 1 saturated heterocycles. The third kappa shape index (κ3) is 5.85. The number of nitrogens with one attached hydrogen (secondary N) is 1. The van der Waals surface area contributed by atoms with Crippen LogP contribution in [0.4, 0.5) is 5.95 Å². The molecular weight excluding hydrogens is 496 g/mol. The fraction of sp³-hybridized carbons (Fsp3) is 0.423. The Morgan fingerprint density at radius 1 is 1.22 bits per heavy atom. The number of rotatable bonds is 7. The number of nitrogens with zero attached hydrogens (tertiary/aromatic N) is 5. The number of aryl methyl sites for hydroxylation is 1. The monoisotopic (exact) mass is 526 g/mol. The molecule has 0 bridgehead atoms. The predicted octanol–water partition coefficient (Wildman–Crippen LogP) is 2.00. The number of anilines is 1. The Hall–Kier alpha value is -3.66. The van der Waals surface area contributed by atoms with E-state index in [2.05, 4.69) is 15.2 Å². The van der Waals surface area contributed by atoms with E-state index in [0.29, 0.717) is 36.2 Å². The summed E-state index contributed by atoms with van der Waals surface area (Å²) in [6.07, 6.45) is 3.60. The van der Waals surface area contributed by atoms with Crippen molar-refractivity contribution in [1.29, 1.82) is 0 Å². The molecule has 0 spiro atoms. The molecule has 0 unspecified atom stereocenters. The molecular formula is C26H31ClN6O4. The van der Waals surface area contributed by atoms with Gasteiger partial charge in [0, 0.05) is 59.0 Å². The molecule has 1 aromatic carbocycles. The van der Waals surface area contributed by atoms with Crippen molar-refractivity contribution in [3.63, 3.8) is 0 Å². The van der Waals surface area contributed by atoms with Crippen molar-refractivity contribution in [3.8, 4) is 5.75 Å². The van der Waals surface area contributed by atoms with Gasteiger partial charge >= 0.3 is 0 Å². The average molecular weight is 527 g/mol. The molecule has 0 radical (unpaired) electrons. The summed E-state index contributed by atoms with van der Waals surface area (Å²) in [5.74, 6) is 0.571. The highest BCUT2D eigenvalue weighted by Crippen LogP contribution is 2.26. The summed E-state index contributed by atoms with van der Waals surface area (Å²) >= 11 is 6.46. The Morgan fingerprint density at radius 2 is 1.95 bits per heavy atom. The van der Waals surface area contributed by atoms with Gasteiger partial charge in [-0.3, -0.25) is 14.4 Å². The number of carbonyl (C=O) groups is 2. The number of benzene rings is 1. The molecule has 11 heteroatoms. The van der Waals surface area contributed by atoms with Crippen molar-refractivity contribution >= 4 is 40.3 Å². The molecule has 1 fully saturated rings. The highest BCUT2D eigenvalue weighted by molar-refractivity contribution is 6.31. The van der Waals surface area contributed by atoms with Crippen LogP contribution in [0, 0.1) is 5.92 Å². The number of ether oxygens (including phenoxy) is 1. The van der Waals surface area contributed by atoms with Crippen LogP contribution in [0.15, 0.2) is 35.3 Å². The standard InChI is InChI=1S/C26H31ClN6O4/c1-28-23(34)15-37-22-13-18-11-16(5-6-21(18)32(4)25(22)36)12-20-19(27)14-29-26(30-20)33-9-7-17(8-10-33)24(35)31(2)3/h5-6,11,13-14,17H,7-10,12,15H2,1-4H3,(H,28,34). The second kappa shape index (κ2) is 11.2. The van der Waals surface area contributed by atoms with E-state index >= 15 is 0 Å². The van der Waals surface area contributed by atoms with E-state index in [-0.39, 0.29) is 35.6 Å². The summed E-state index contributed by atoms with van der Waals surface area (Å²) in [6, 6.07) is 7.41. The summed E-state index contributed by atoms with van der Waals surface area (Å²) in [6.45, 7) is 1.17. The summed E-state index contributed by atoms with van der Waals surface area (Å²) in [4.78, 5) is 49.4. The van der Waals surface area contributed by atoms with Gasteiger partial charge in [0.05, 0.1) is 22.4 Å². The minimum Gasteiger partial charge on any atom is -0.478 e. The third-order valence-corrected chi connectivity index (χ3v) is 6.95. The van der Waals surface area contributed by atoms with Crippen LogP contribution in [0.25, 0.3) is 10.9 Å². The fourth-order valence-corrected chi connectivity index (χ4v) is 4.64. The lowest BCUT2D eigenvalue weighted by Gasteiger charge is -2.32. The number of likely N-dealkylation sites (N-methyl/N-ethyl adjacent to an activating group) is 1. The van der Waals surface area contributed by atoms with Crippen molar-refractivity contribution < 1.29 is 14.3 Å². The summed E-state index contributed by atoms with van der Waals surface area (Å²) in [7, 11) is 6.75. The Balaban J connectivity index is 1.54. The maximum Gasteiger partial charge on any atom is 0.293 e. The lowest BCUT2D eigenvalue weighted by Crippen LogP contribution is -2.40. The van der Waals surface area contributed by atoms with Gasteiger partial charge in [0.1, 0.15) is 0 Å². The first-order valence-electron chi connectivity index (χ1n) is 12.1. The topological polar surface area (TPSA) is 110 Å². The first kappa shape index (κ1) is 26.4. The molecule has 1 N–H and O–H groups in total. The molecule has 3 aromatic rings. The van der Waals surface area contributed by atoms with Crippen LogP contribution in [0.1, 0.15) is 24.1 Å². The van der Waals surface area contributed by atoms with Crippen LogP contribution in [-0.2, 0) is 23.1 Å². The van der Waals surface area contributed by atoms with Gasteiger partial charge in [-0.2, -0.15) is 0 Å². The highest BCUT2D eigenvalue weighted by atomic mass is 35.5. The number of piperidine rings is 1. The molecule has 3 heterocycles. The smallest absolute Gasteiger partial charge is 0.293 e. The SMILES string of the molecule is CNC(=O)COc1cc2cc(Cc3nc(N4CCC(C(=O)N(C)C)CC4)ncc3Cl)ccc2n(C)c1=O. The van der Waals surface area contributed by atoms with Gasteiger partial charge in [-0.05, 0) is 36.6 Å². The maximum absolute atomic E-state index is 12.6. The number of halogens is 1. The van der Waals surface area contributed by atoms with Crippen LogP contribution >= 0.6 is 11.6 Å². The number of carbonyl (C=O) groups excluding carboxylic acids is 2. The molecule has 0 atom stereocenters. The molecule has 1 aliphatic heterocycles. The number of hydrogen-bond donors (Lipinski definition) is 1. The van der Waals surface area contributed by atoms with Crippen LogP contribution in [0.3, 0.4) is 0 Å². The largest absolute Gasteiger partial charge is 0.478 e. The van der Waals surface area contributed by atoms with Crippen LogP contribution in [0.5, 0.6) is 5.75 Å². The molecule has 0 aliphatic carbocycles. The van der Waals surface area contributed by atoms with Crippen LogP contribution in [0.2, 0.25) is 5.02 Å². The highest BCUT2D eigenvalue weighted by Gasteiger charge is 2.27.